The molecule has 0 saturated heterocycles. The van der Waals surface area contributed by atoms with Crippen molar-refractivity contribution in [3.8, 4) is 5.75 Å². The molecule has 3 aromatic rings. The molecule has 30 heavy (non-hydrogen) atoms. The van der Waals surface area contributed by atoms with E-state index in [1.807, 2.05) is 36.4 Å². The van der Waals surface area contributed by atoms with Gasteiger partial charge in [-0.05, 0) is 60.2 Å². The topological polar surface area (TPSA) is 79.5 Å². The summed E-state index contributed by atoms with van der Waals surface area (Å²) >= 11 is 0. The Morgan fingerprint density at radius 1 is 0.833 bits per heavy atom. The Kier molecular flexibility index (Phi) is 6.84. The number of rotatable bonds is 7. The van der Waals surface area contributed by atoms with Gasteiger partial charge < -0.3 is 20.7 Å². The fourth-order valence-corrected chi connectivity index (χ4v) is 2.78. The van der Waals surface area contributed by atoms with E-state index >= 15 is 0 Å². The van der Waals surface area contributed by atoms with Gasteiger partial charge in [-0.3, -0.25) is 9.59 Å². The number of carbonyl (C=O) groups is 2. The predicted molar refractivity (Wildman–Crippen MR) is 121 cm³/mol. The van der Waals surface area contributed by atoms with Crippen molar-refractivity contribution >= 4 is 35.0 Å². The van der Waals surface area contributed by atoms with Gasteiger partial charge in [-0.25, -0.2) is 0 Å². The molecule has 0 heterocycles. The Morgan fingerprint density at radius 3 is 2.13 bits per heavy atom. The van der Waals surface area contributed by atoms with E-state index in [2.05, 4.69) is 16.0 Å². The van der Waals surface area contributed by atoms with E-state index in [1.54, 1.807) is 56.6 Å². The fraction of sp³-hybridized carbons (Fsp3) is 0.0833. The normalized spacial score (nSPS) is 10.5. The second-order valence-corrected chi connectivity index (χ2v) is 6.42. The number of methoxy groups -OCH3 is 1. The summed E-state index contributed by atoms with van der Waals surface area (Å²) in [5.74, 6) is 0.263. The molecule has 0 bridgehead atoms. The molecule has 0 fully saturated rings. The van der Waals surface area contributed by atoms with Crippen LogP contribution in [0.4, 0.5) is 17.1 Å². The largest absolute Gasteiger partial charge is 0.497 e. The molecule has 0 atom stereocenters. The zero-order chi connectivity index (χ0) is 21.3. The standard InChI is InChI=1S/C24H23N3O3/c1-25-21-5-3-4-6-22(21)27-23(28)16-9-17-7-12-19(13-8-17)26-24(29)18-10-14-20(30-2)15-11-18/h3-16,25H,1-2H3,(H,26,29)(H,27,28)/b16-9+. The second-order valence-electron chi connectivity index (χ2n) is 6.42. The van der Waals surface area contributed by atoms with Crippen LogP contribution in [-0.2, 0) is 4.79 Å². The van der Waals surface area contributed by atoms with Gasteiger partial charge in [0.25, 0.3) is 5.91 Å². The monoisotopic (exact) mass is 401 g/mol. The summed E-state index contributed by atoms with van der Waals surface area (Å²) in [5, 5.41) is 8.72. The van der Waals surface area contributed by atoms with Crippen LogP contribution in [0.5, 0.6) is 5.75 Å². The molecule has 0 aromatic heterocycles. The van der Waals surface area contributed by atoms with Gasteiger partial charge in [-0.15, -0.1) is 0 Å². The third kappa shape index (κ3) is 5.48. The molecule has 0 radical (unpaired) electrons. The number of benzene rings is 3. The first-order valence-corrected chi connectivity index (χ1v) is 9.40. The molecule has 0 aliphatic carbocycles. The number of amides is 2. The molecule has 6 nitrogen and oxygen atoms in total. The summed E-state index contributed by atoms with van der Waals surface area (Å²) in [4.78, 5) is 24.5. The number of carbonyl (C=O) groups excluding carboxylic acids is 2. The lowest BCUT2D eigenvalue weighted by Gasteiger charge is -2.08. The van der Waals surface area contributed by atoms with Crippen molar-refractivity contribution in [1.29, 1.82) is 0 Å². The molecule has 0 spiro atoms. The maximum Gasteiger partial charge on any atom is 0.255 e. The summed E-state index contributed by atoms with van der Waals surface area (Å²) in [6.45, 7) is 0. The highest BCUT2D eigenvalue weighted by Crippen LogP contribution is 2.20. The van der Waals surface area contributed by atoms with Gasteiger partial charge in [0.1, 0.15) is 5.75 Å². The number of hydrogen-bond donors (Lipinski definition) is 3. The van der Waals surface area contributed by atoms with Gasteiger partial charge in [0.05, 0.1) is 18.5 Å². The fourth-order valence-electron chi connectivity index (χ4n) is 2.78. The first kappa shape index (κ1) is 20.7. The number of nitrogens with one attached hydrogen (secondary N) is 3. The minimum absolute atomic E-state index is 0.205. The Hall–Kier alpha value is -4.06. The summed E-state index contributed by atoms with van der Waals surface area (Å²) in [6, 6.07) is 21.6. The van der Waals surface area contributed by atoms with E-state index in [4.69, 9.17) is 4.74 Å². The van der Waals surface area contributed by atoms with E-state index < -0.39 is 0 Å². The SMILES string of the molecule is CNc1ccccc1NC(=O)/C=C/c1ccc(NC(=O)c2ccc(OC)cc2)cc1. The van der Waals surface area contributed by atoms with Crippen molar-refractivity contribution in [1.82, 2.24) is 0 Å². The van der Waals surface area contributed by atoms with Crippen LogP contribution < -0.4 is 20.7 Å². The molecule has 3 aromatic carbocycles. The van der Waals surface area contributed by atoms with Crippen molar-refractivity contribution < 1.29 is 14.3 Å². The first-order valence-electron chi connectivity index (χ1n) is 9.40. The van der Waals surface area contributed by atoms with Crippen LogP contribution in [0.15, 0.2) is 78.9 Å². The Labute approximate surface area is 175 Å². The summed E-state index contributed by atoms with van der Waals surface area (Å²) in [5.41, 5.74) is 3.61. The highest BCUT2D eigenvalue weighted by atomic mass is 16.5. The van der Waals surface area contributed by atoms with Crippen LogP contribution in [0.2, 0.25) is 0 Å². The van der Waals surface area contributed by atoms with E-state index in [1.165, 1.54) is 6.08 Å². The van der Waals surface area contributed by atoms with E-state index in [9.17, 15) is 9.59 Å². The Bertz CT molecular complexity index is 1040. The van der Waals surface area contributed by atoms with Crippen LogP contribution in [0.25, 0.3) is 6.08 Å². The van der Waals surface area contributed by atoms with Crippen LogP contribution in [0, 0.1) is 0 Å². The number of hydrogen-bond acceptors (Lipinski definition) is 4. The van der Waals surface area contributed by atoms with Crippen molar-refractivity contribution in [2.75, 3.05) is 30.1 Å². The first-order chi connectivity index (χ1) is 14.6. The van der Waals surface area contributed by atoms with Crippen LogP contribution in [-0.4, -0.2) is 26.0 Å². The Morgan fingerprint density at radius 2 is 1.50 bits per heavy atom. The Balaban J connectivity index is 1.58. The maximum atomic E-state index is 12.3. The average molecular weight is 401 g/mol. The lowest BCUT2D eigenvalue weighted by Crippen LogP contribution is -2.11. The second kappa shape index (κ2) is 9.93. The smallest absolute Gasteiger partial charge is 0.255 e. The highest BCUT2D eigenvalue weighted by molar-refractivity contribution is 6.05. The summed E-state index contributed by atoms with van der Waals surface area (Å²) in [7, 11) is 3.38. The zero-order valence-electron chi connectivity index (χ0n) is 16.8. The third-order valence-electron chi connectivity index (χ3n) is 4.40. The third-order valence-corrected chi connectivity index (χ3v) is 4.40. The summed E-state index contributed by atoms with van der Waals surface area (Å²) in [6.07, 6.45) is 3.18. The van der Waals surface area contributed by atoms with Gasteiger partial charge >= 0.3 is 0 Å². The average Bonchev–Trinajstić information content (AvgIpc) is 2.79. The van der Waals surface area contributed by atoms with Gasteiger partial charge in [-0.1, -0.05) is 24.3 Å². The maximum absolute atomic E-state index is 12.3. The number of ether oxygens (including phenoxy) is 1. The highest BCUT2D eigenvalue weighted by Gasteiger charge is 2.06. The minimum Gasteiger partial charge on any atom is -0.497 e. The van der Waals surface area contributed by atoms with E-state index in [-0.39, 0.29) is 11.8 Å². The molecular formula is C24H23N3O3. The predicted octanol–water partition coefficient (Wildman–Crippen LogP) is 4.64. The molecular weight excluding hydrogens is 378 g/mol. The van der Waals surface area contributed by atoms with Crippen molar-refractivity contribution in [3.05, 3.63) is 90.0 Å². The molecule has 0 saturated carbocycles. The molecule has 2 amide bonds. The molecule has 0 unspecified atom stereocenters. The summed E-state index contributed by atoms with van der Waals surface area (Å²) < 4.78 is 5.10. The molecule has 0 aliphatic rings. The zero-order valence-corrected chi connectivity index (χ0v) is 16.8. The molecule has 0 aliphatic heterocycles. The molecule has 3 rings (SSSR count). The molecule has 3 N–H and O–H groups in total. The van der Waals surface area contributed by atoms with Gasteiger partial charge in [0, 0.05) is 24.4 Å². The van der Waals surface area contributed by atoms with Crippen molar-refractivity contribution in [3.63, 3.8) is 0 Å². The molecule has 152 valence electrons. The number of para-hydroxylation sites is 2. The quantitative estimate of drug-likeness (QED) is 0.504. The number of anilines is 3. The van der Waals surface area contributed by atoms with Crippen LogP contribution in [0.3, 0.4) is 0 Å². The molecule has 6 heteroatoms. The van der Waals surface area contributed by atoms with Gasteiger partial charge in [0.15, 0.2) is 0 Å². The van der Waals surface area contributed by atoms with Gasteiger partial charge in [0.2, 0.25) is 5.91 Å². The lowest BCUT2D eigenvalue weighted by molar-refractivity contribution is -0.111. The van der Waals surface area contributed by atoms with E-state index in [0.717, 1.165) is 11.3 Å². The van der Waals surface area contributed by atoms with Crippen LogP contribution >= 0.6 is 0 Å². The van der Waals surface area contributed by atoms with Crippen LogP contribution in [0.1, 0.15) is 15.9 Å². The minimum atomic E-state index is -0.227. The van der Waals surface area contributed by atoms with Crippen molar-refractivity contribution in [2.45, 2.75) is 0 Å². The lowest BCUT2D eigenvalue weighted by atomic mass is 10.1. The van der Waals surface area contributed by atoms with E-state index in [0.29, 0.717) is 22.7 Å². The van der Waals surface area contributed by atoms with Crippen molar-refractivity contribution in [2.24, 2.45) is 0 Å². The van der Waals surface area contributed by atoms with Gasteiger partial charge in [-0.2, -0.15) is 0 Å².